The lowest BCUT2D eigenvalue weighted by atomic mass is 9.98. The van der Waals surface area contributed by atoms with Gasteiger partial charge in [-0.15, -0.1) is 5.10 Å². The Kier molecular flexibility index (Phi) is 10.6. The lowest BCUT2D eigenvalue weighted by Gasteiger charge is -2.19. The van der Waals surface area contributed by atoms with Crippen LogP contribution in [0.5, 0.6) is 0 Å². The van der Waals surface area contributed by atoms with Crippen molar-refractivity contribution in [3.8, 4) is 28.3 Å². The van der Waals surface area contributed by atoms with Crippen molar-refractivity contribution in [3.05, 3.63) is 89.6 Å². The predicted octanol–water partition coefficient (Wildman–Crippen LogP) is 6.12. The Morgan fingerprint density at radius 3 is 2.32 bits per heavy atom. The number of tetrazole rings is 1. The molecular weight excluding hydrogens is 653 g/mol. The Hall–Kier alpha value is -5.60. The third kappa shape index (κ3) is 8.33. The fourth-order valence-corrected chi connectivity index (χ4v) is 5.46. The van der Waals surface area contributed by atoms with E-state index < -0.39 is 35.1 Å². The third-order valence-corrected chi connectivity index (χ3v) is 7.58. The first-order valence-electron chi connectivity index (χ1n) is 16.1. The molecule has 0 aliphatic rings. The molecule has 0 unspecified atom stereocenters. The van der Waals surface area contributed by atoms with E-state index in [1.54, 1.807) is 25.3 Å². The highest BCUT2D eigenvalue weighted by Crippen LogP contribution is 2.31. The quantitative estimate of drug-likeness (QED) is 0.0853. The monoisotopic (exact) mass is 690 g/mol. The van der Waals surface area contributed by atoms with Crippen LogP contribution < -0.4 is 5.32 Å². The zero-order chi connectivity index (χ0) is 36.1. The molecule has 0 atom stereocenters. The van der Waals surface area contributed by atoms with Gasteiger partial charge in [0.25, 0.3) is 11.7 Å². The number of hydrogen-bond donors (Lipinski definition) is 2. The molecule has 5 rings (SSSR count). The molecular formula is C35H37F3N8O4. The highest BCUT2D eigenvalue weighted by atomic mass is 19.4. The number of amides is 1. The normalized spacial score (nSPS) is 11.8. The van der Waals surface area contributed by atoms with Gasteiger partial charge in [-0.1, -0.05) is 55.5 Å². The van der Waals surface area contributed by atoms with Crippen LogP contribution in [0.2, 0.25) is 0 Å². The summed E-state index contributed by atoms with van der Waals surface area (Å²) in [5.74, 6) is -2.25. The molecule has 3 heterocycles. The van der Waals surface area contributed by atoms with Crippen molar-refractivity contribution < 1.29 is 32.3 Å². The maximum atomic E-state index is 13.9. The number of H-pyrrole nitrogens is 1. The van der Waals surface area contributed by atoms with Gasteiger partial charge in [0.1, 0.15) is 11.4 Å². The Morgan fingerprint density at radius 1 is 0.960 bits per heavy atom. The van der Waals surface area contributed by atoms with Crippen LogP contribution in [0.1, 0.15) is 79.3 Å². The molecule has 0 aliphatic carbocycles. The number of ketones is 1. The minimum Gasteiger partial charge on any atom is -0.460 e. The van der Waals surface area contributed by atoms with Gasteiger partial charge in [0, 0.05) is 37.7 Å². The predicted molar refractivity (Wildman–Crippen MR) is 177 cm³/mol. The Balaban J connectivity index is 1.50. The lowest BCUT2D eigenvalue weighted by molar-refractivity contribution is -0.154. The summed E-state index contributed by atoms with van der Waals surface area (Å²) in [7, 11) is 0. The largest absolute Gasteiger partial charge is 0.460 e. The number of ether oxygens (including phenoxy) is 1. The summed E-state index contributed by atoms with van der Waals surface area (Å²) in [4.78, 5) is 43.1. The molecule has 50 heavy (non-hydrogen) atoms. The summed E-state index contributed by atoms with van der Waals surface area (Å²) < 4.78 is 48.7. The first kappa shape index (κ1) is 35.7. The first-order chi connectivity index (χ1) is 23.8. The molecule has 0 aliphatic heterocycles. The fourth-order valence-electron chi connectivity index (χ4n) is 5.46. The molecule has 0 radical (unpaired) electrons. The van der Waals surface area contributed by atoms with E-state index in [4.69, 9.17) is 4.74 Å². The van der Waals surface area contributed by atoms with Crippen LogP contribution in [0.25, 0.3) is 28.3 Å². The van der Waals surface area contributed by atoms with E-state index in [0.717, 1.165) is 32.9 Å². The number of nitrogens with zero attached hydrogens (tertiary/aromatic N) is 6. The van der Waals surface area contributed by atoms with Crippen LogP contribution in [0.4, 0.5) is 13.2 Å². The summed E-state index contributed by atoms with van der Waals surface area (Å²) in [6.07, 6.45) is -2.52. The number of aromatic nitrogens is 7. The van der Waals surface area contributed by atoms with Gasteiger partial charge in [-0.05, 0) is 72.9 Å². The number of rotatable bonds is 13. The number of Topliss-reactive ketones (excluding diaryl/α,β-unsaturated/α-hetero) is 1. The molecule has 0 saturated carbocycles. The number of esters is 1. The van der Waals surface area contributed by atoms with Crippen molar-refractivity contribution >= 4 is 17.7 Å². The smallest absolute Gasteiger partial charge is 0.456 e. The highest BCUT2D eigenvalue weighted by molar-refractivity contribution is 6.01. The number of halogens is 3. The zero-order valence-electron chi connectivity index (χ0n) is 28.0. The minimum absolute atomic E-state index is 0.0228. The number of alkyl halides is 3. The minimum atomic E-state index is -5.14. The number of carbonyl (C=O) groups is 3. The van der Waals surface area contributed by atoms with E-state index in [-0.39, 0.29) is 37.4 Å². The second-order valence-electron chi connectivity index (χ2n) is 12.6. The van der Waals surface area contributed by atoms with Gasteiger partial charge >= 0.3 is 12.1 Å². The molecule has 0 fully saturated rings. The molecule has 0 saturated heterocycles. The van der Waals surface area contributed by atoms with Gasteiger partial charge in [0.2, 0.25) is 0 Å². The summed E-state index contributed by atoms with van der Waals surface area (Å²) in [5, 5.41) is 16.9. The van der Waals surface area contributed by atoms with Crippen LogP contribution >= 0.6 is 0 Å². The Morgan fingerprint density at radius 2 is 1.68 bits per heavy atom. The van der Waals surface area contributed by atoms with Gasteiger partial charge in [0.15, 0.2) is 17.3 Å². The van der Waals surface area contributed by atoms with E-state index in [1.165, 1.54) is 12.3 Å². The standard InChI is InChI=1S/C35H37F3N8O4/c1-5-10-27-40-32(45-20-9-13-26(45)30(48)35(36,37)38)29(33(49)39-19-8-14-28(47)50-34(2,3)4)46(27)21-22-15-17-23(18-16-22)24-11-6-7-12-25(24)31-41-43-44-42-31/h6-7,9,11-13,15-18,20H,5,8,10,14,19,21H2,1-4H3,(H,39,49)(H,41,42,43,44). The first-order valence-corrected chi connectivity index (χ1v) is 16.1. The average molecular weight is 691 g/mol. The number of nitrogens with one attached hydrogen (secondary N) is 2. The molecule has 1 amide bonds. The molecule has 0 spiro atoms. The van der Waals surface area contributed by atoms with E-state index in [2.05, 4.69) is 30.9 Å². The van der Waals surface area contributed by atoms with Gasteiger partial charge in [-0.25, -0.2) is 10.1 Å². The van der Waals surface area contributed by atoms with E-state index in [9.17, 15) is 27.6 Å². The van der Waals surface area contributed by atoms with E-state index in [1.807, 2.05) is 55.5 Å². The molecule has 12 nitrogen and oxygen atoms in total. The van der Waals surface area contributed by atoms with Crippen molar-refractivity contribution in [1.82, 2.24) is 40.1 Å². The van der Waals surface area contributed by atoms with Gasteiger partial charge in [-0.2, -0.15) is 13.2 Å². The molecule has 0 bridgehead atoms. The number of carbonyl (C=O) groups excluding carboxylic acids is 3. The molecule has 15 heteroatoms. The maximum absolute atomic E-state index is 13.9. The number of aryl methyl sites for hydroxylation is 1. The Bertz CT molecular complexity index is 1960. The summed E-state index contributed by atoms with van der Waals surface area (Å²) >= 11 is 0. The molecule has 2 N–H and O–H groups in total. The lowest BCUT2D eigenvalue weighted by Crippen LogP contribution is -2.30. The van der Waals surface area contributed by atoms with Gasteiger partial charge in [0.05, 0.1) is 5.69 Å². The van der Waals surface area contributed by atoms with Crippen molar-refractivity contribution in [3.63, 3.8) is 0 Å². The number of aromatic amines is 1. The van der Waals surface area contributed by atoms with Crippen LogP contribution in [0.3, 0.4) is 0 Å². The average Bonchev–Trinajstić information content (AvgIpc) is 3.83. The highest BCUT2D eigenvalue weighted by Gasteiger charge is 2.41. The van der Waals surface area contributed by atoms with Crippen molar-refractivity contribution in [1.29, 1.82) is 0 Å². The van der Waals surface area contributed by atoms with Crippen molar-refractivity contribution in [2.75, 3.05) is 6.54 Å². The van der Waals surface area contributed by atoms with Gasteiger partial charge in [-0.3, -0.25) is 19.0 Å². The second kappa shape index (κ2) is 14.9. The maximum Gasteiger partial charge on any atom is 0.456 e. The van der Waals surface area contributed by atoms with Crippen LogP contribution in [-0.4, -0.2) is 70.7 Å². The van der Waals surface area contributed by atoms with Gasteiger partial charge < -0.3 is 14.6 Å². The van der Waals surface area contributed by atoms with Crippen LogP contribution in [0.15, 0.2) is 66.9 Å². The summed E-state index contributed by atoms with van der Waals surface area (Å²) in [6.45, 7) is 7.42. The zero-order valence-corrected chi connectivity index (χ0v) is 28.0. The number of imidazole rings is 1. The molecule has 262 valence electrons. The van der Waals surface area contributed by atoms with E-state index >= 15 is 0 Å². The van der Waals surface area contributed by atoms with Crippen molar-refractivity contribution in [2.45, 2.75) is 71.7 Å². The number of benzene rings is 2. The number of hydrogen-bond acceptors (Lipinski definition) is 8. The molecule has 2 aromatic carbocycles. The topological polar surface area (TPSA) is 150 Å². The Labute approximate surface area is 286 Å². The summed E-state index contributed by atoms with van der Waals surface area (Å²) in [6, 6.07) is 17.6. The molecule has 5 aromatic rings. The SMILES string of the molecule is CCCc1nc(-n2cccc2C(=O)C(F)(F)F)c(C(=O)NCCCC(=O)OC(C)(C)C)n1Cc1ccc(-c2ccccc2-c2nnn[nH]2)cc1. The van der Waals surface area contributed by atoms with Crippen molar-refractivity contribution in [2.24, 2.45) is 0 Å². The second-order valence-corrected chi connectivity index (χ2v) is 12.6. The third-order valence-electron chi connectivity index (χ3n) is 7.58. The summed E-state index contributed by atoms with van der Waals surface area (Å²) in [5.41, 5.74) is 2.00. The van der Waals surface area contributed by atoms with Crippen LogP contribution in [0, 0.1) is 0 Å². The molecule has 3 aromatic heterocycles. The van der Waals surface area contributed by atoms with Crippen LogP contribution in [-0.2, 0) is 22.5 Å². The fraction of sp³-hybridized carbons (Fsp3) is 0.343. The van der Waals surface area contributed by atoms with E-state index in [0.29, 0.717) is 24.5 Å².